The molecule has 0 bridgehead atoms. The average Bonchev–Trinajstić information content (AvgIpc) is 3.04. The summed E-state index contributed by atoms with van der Waals surface area (Å²) in [6.07, 6.45) is 5.33. The second kappa shape index (κ2) is 6.46. The topological polar surface area (TPSA) is 58.9 Å². The van der Waals surface area contributed by atoms with Crippen molar-refractivity contribution in [3.05, 3.63) is 18.7 Å². The van der Waals surface area contributed by atoms with Crippen molar-refractivity contribution in [2.75, 3.05) is 31.5 Å². The Morgan fingerprint density at radius 1 is 1.33 bits per heavy atom. The van der Waals surface area contributed by atoms with Crippen molar-refractivity contribution in [3.8, 4) is 5.82 Å². The standard InChI is InChI=1S/C11H18N6S/c1-3-16(4-2)7-6-13-10-11(15-18-14-10)17-8-5-12-9-17/h5,8-9H,3-4,6-7H2,1-2H3,(H,13,14). The lowest BCUT2D eigenvalue weighted by molar-refractivity contribution is 0.316. The Hall–Kier alpha value is -1.47. The van der Waals surface area contributed by atoms with Crippen LogP contribution in [0, 0.1) is 0 Å². The van der Waals surface area contributed by atoms with Crippen molar-refractivity contribution in [1.82, 2.24) is 23.2 Å². The number of nitrogens with one attached hydrogen (secondary N) is 1. The van der Waals surface area contributed by atoms with Gasteiger partial charge < -0.3 is 10.2 Å². The van der Waals surface area contributed by atoms with Crippen LogP contribution in [-0.2, 0) is 0 Å². The Bertz CT molecular complexity index is 448. The van der Waals surface area contributed by atoms with Gasteiger partial charge in [0.15, 0.2) is 11.6 Å². The summed E-state index contributed by atoms with van der Waals surface area (Å²) in [7, 11) is 0. The largest absolute Gasteiger partial charge is 0.365 e. The van der Waals surface area contributed by atoms with Crippen LogP contribution in [0.25, 0.3) is 5.82 Å². The van der Waals surface area contributed by atoms with Crippen molar-refractivity contribution in [3.63, 3.8) is 0 Å². The fraction of sp³-hybridized carbons (Fsp3) is 0.545. The lowest BCUT2D eigenvalue weighted by Crippen LogP contribution is -2.28. The summed E-state index contributed by atoms with van der Waals surface area (Å²) in [5.74, 6) is 1.64. The minimum atomic E-state index is 0.817. The quantitative estimate of drug-likeness (QED) is 0.822. The molecular weight excluding hydrogens is 248 g/mol. The smallest absolute Gasteiger partial charge is 0.196 e. The molecule has 0 unspecified atom stereocenters. The summed E-state index contributed by atoms with van der Waals surface area (Å²) in [5, 5.41) is 3.33. The van der Waals surface area contributed by atoms with Crippen LogP contribution in [0.3, 0.4) is 0 Å². The maximum absolute atomic E-state index is 4.27. The van der Waals surface area contributed by atoms with E-state index in [1.807, 2.05) is 10.8 Å². The van der Waals surface area contributed by atoms with Crippen LogP contribution < -0.4 is 5.32 Å². The van der Waals surface area contributed by atoms with Crippen LogP contribution >= 0.6 is 11.7 Å². The zero-order valence-corrected chi connectivity index (χ0v) is 11.5. The van der Waals surface area contributed by atoms with Crippen molar-refractivity contribution in [2.24, 2.45) is 0 Å². The molecule has 0 radical (unpaired) electrons. The number of rotatable bonds is 7. The molecule has 0 spiro atoms. The Morgan fingerprint density at radius 2 is 2.17 bits per heavy atom. The molecule has 2 aromatic heterocycles. The molecule has 2 aromatic rings. The summed E-state index contributed by atoms with van der Waals surface area (Å²) in [6, 6.07) is 0. The first kappa shape index (κ1) is 13.0. The predicted molar refractivity (Wildman–Crippen MR) is 73.3 cm³/mol. The van der Waals surface area contributed by atoms with Gasteiger partial charge in [-0.25, -0.2) is 4.98 Å². The van der Waals surface area contributed by atoms with E-state index in [1.54, 1.807) is 12.5 Å². The molecule has 6 nitrogen and oxygen atoms in total. The van der Waals surface area contributed by atoms with Crippen LogP contribution in [0.4, 0.5) is 5.82 Å². The Morgan fingerprint density at radius 3 is 2.83 bits per heavy atom. The van der Waals surface area contributed by atoms with Crippen LogP contribution in [0.15, 0.2) is 18.7 Å². The van der Waals surface area contributed by atoms with Gasteiger partial charge in [0.1, 0.15) is 6.33 Å². The third kappa shape index (κ3) is 3.05. The molecule has 1 N–H and O–H groups in total. The first-order chi connectivity index (χ1) is 8.85. The van der Waals surface area contributed by atoms with E-state index < -0.39 is 0 Å². The molecule has 0 fully saturated rings. The Balaban J connectivity index is 1.93. The molecule has 0 saturated heterocycles. The number of likely N-dealkylation sites (N-methyl/N-ethyl adjacent to an activating group) is 1. The van der Waals surface area contributed by atoms with Crippen molar-refractivity contribution >= 4 is 17.5 Å². The van der Waals surface area contributed by atoms with Gasteiger partial charge in [0, 0.05) is 25.5 Å². The van der Waals surface area contributed by atoms with Gasteiger partial charge in [0.2, 0.25) is 0 Å². The van der Waals surface area contributed by atoms with Crippen molar-refractivity contribution in [2.45, 2.75) is 13.8 Å². The SMILES string of the molecule is CCN(CC)CCNc1nsnc1-n1ccnc1. The van der Waals surface area contributed by atoms with Crippen LogP contribution in [0.1, 0.15) is 13.8 Å². The summed E-state index contributed by atoms with van der Waals surface area (Å²) in [6.45, 7) is 8.36. The summed E-state index contributed by atoms with van der Waals surface area (Å²) >= 11 is 1.21. The van der Waals surface area contributed by atoms with Gasteiger partial charge in [-0.1, -0.05) is 13.8 Å². The molecule has 98 valence electrons. The number of hydrogen-bond acceptors (Lipinski definition) is 6. The van der Waals surface area contributed by atoms with E-state index in [4.69, 9.17) is 0 Å². The minimum absolute atomic E-state index is 0.817. The van der Waals surface area contributed by atoms with Gasteiger partial charge >= 0.3 is 0 Å². The van der Waals surface area contributed by atoms with Crippen molar-refractivity contribution in [1.29, 1.82) is 0 Å². The highest BCUT2D eigenvalue weighted by Crippen LogP contribution is 2.16. The molecule has 0 aromatic carbocycles. The molecule has 0 aliphatic carbocycles. The second-order valence-electron chi connectivity index (χ2n) is 3.86. The first-order valence-corrected chi connectivity index (χ1v) is 6.85. The van der Waals surface area contributed by atoms with E-state index >= 15 is 0 Å². The molecule has 0 atom stereocenters. The molecule has 0 amide bonds. The average molecular weight is 266 g/mol. The van der Waals surface area contributed by atoms with Crippen molar-refractivity contribution < 1.29 is 0 Å². The lowest BCUT2D eigenvalue weighted by atomic mass is 10.4. The van der Waals surface area contributed by atoms with Gasteiger partial charge in [-0.3, -0.25) is 4.57 Å². The van der Waals surface area contributed by atoms with Crippen LogP contribution in [0.5, 0.6) is 0 Å². The highest BCUT2D eigenvalue weighted by molar-refractivity contribution is 6.99. The normalized spacial score (nSPS) is 11.1. The summed E-state index contributed by atoms with van der Waals surface area (Å²) < 4.78 is 10.4. The molecular formula is C11H18N6S. The highest BCUT2D eigenvalue weighted by atomic mass is 32.1. The summed E-state index contributed by atoms with van der Waals surface area (Å²) in [5.41, 5.74) is 0. The number of anilines is 1. The molecule has 0 aliphatic heterocycles. The molecule has 0 saturated carbocycles. The van der Waals surface area contributed by atoms with Gasteiger partial charge in [0.25, 0.3) is 0 Å². The van der Waals surface area contributed by atoms with Crippen LogP contribution in [-0.4, -0.2) is 49.4 Å². The zero-order valence-electron chi connectivity index (χ0n) is 10.7. The van der Waals surface area contributed by atoms with E-state index in [0.29, 0.717) is 0 Å². The van der Waals surface area contributed by atoms with Crippen LogP contribution in [0.2, 0.25) is 0 Å². The van der Waals surface area contributed by atoms with Gasteiger partial charge in [-0.05, 0) is 13.1 Å². The fourth-order valence-electron chi connectivity index (χ4n) is 1.72. The first-order valence-electron chi connectivity index (χ1n) is 6.12. The lowest BCUT2D eigenvalue weighted by Gasteiger charge is -2.17. The molecule has 0 aliphatic rings. The fourth-order valence-corrected chi connectivity index (χ4v) is 2.25. The van der Waals surface area contributed by atoms with E-state index in [2.05, 4.69) is 37.8 Å². The van der Waals surface area contributed by atoms with Gasteiger partial charge in [-0.15, -0.1) is 0 Å². The third-order valence-electron chi connectivity index (χ3n) is 2.84. The van der Waals surface area contributed by atoms with E-state index in [1.165, 1.54) is 11.7 Å². The molecule has 2 heterocycles. The van der Waals surface area contributed by atoms with E-state index in [9.17, 15) is 0 Å². The van der Waals surface area contributed by atoms with E-state index in [0.717, 1.165) is 37.8 Å². The molecule has 18 heavy (non-hydrogen) atoms. The zero-order chi connectivity index (χ0) is 12.8. The maximum atomic E-state index is 4.27. The minimum Gasteiger partial charge on any atom is -0.365 e. The number of aromatic nitrogens is 4. The number of imidazole rings is 1. The second-order valence-corrected chi connectivity index (χ2v) is 4.39. The summed E-state index contributed by atoms with van der Waals surface area (Å²) in [4.78, 5) is 6.38. The maximum Gasteiger partial charge on any atom is 0.196 e. The Kier molecular flexibility index (Phi) is 4.66. The molecule has 7 heteroatoms. The predicted octanol–water partition coefficient (Wildman–Crippen LogP) is 1.48. The third-order valence-corrected chi connectivity index (χ3v) is 3.35. The highest BCUT2D eigenvalue weighted by Gasteiger charge is 2.09. The number of nitrogens with zero attached hydrogens (tertiary/aromatic N) is 5. The van der Waals surface area contributed by atoms with Gasteiger partial charge in [0.05, 0.1) is 11.7 Å². The Labute approximate surface area is 111 Å². The number of hydrogen-bond donors (Lipinski definition) is 1. The van der Waals surface area contributed by atoms with Gasteiger partial charge in [-0.2, -0.15) is 8.75 Å². The molecule has 2 rings (SSSR count). The monoisotopic (exact) mass is 266 g/mol. The van der Waals surface area contributed by atoms with E-state index in [-0.39, 0.29) is 0 Å².